The predicted molar refractivity (Wildman–Crippen MR) is 239 cm³/mol. The average molecular weight is 851 g/mol. The SMILES string of the molecule is C[C@@H]1CN(Cc2ccc(CC(=O)N3CCC(Oc4ccc(F)cc4)CC3)cc2)CCN1.C[C@@H]1CN(Cc2ccc(CC(=O)N3CCC(Oc4cccc(F)c4)CC3)cc2)CCN1. The molecule has 4 saturated heterocycles. The summed E-state index contributed by atoms with van der Waals surface area (Å²) in [6, 6.07) is 30.4. The molecule has 4 aromatic rings. The van der Waals surface area contributed by atoms with Crippen LogP contribution in [0.2, 0.25) is 0 Å². The van der Waals surface area contributed by atoms with Crippen LogP contribution in [0.5, 0.6) is 11.5 Å². The largest absolute Gasteiger partial charge is 0.490 e. The Morgan fingerprint density at radius 3 is 1.42 bits per heavy atom. The van der Waals surface area contributed by atoms with Crippen LogP contribution in [0, 0.1) is 11.6 Å². The molecule has 0 unspecified atom stereocenters. The Kier molecular flexibility index (Phi) is 16.4. The van der Waals surface area contributed by atoms with E-state index < -0.39 is 0 Å². The number of amides is 2. The molecule has 0 aliphatic carbocycles. The van der Waals surface area contributed by atoms with Gasteiger partial charge in [-0.25, -0.2) is 8.78 Å². The monoisotopic (exact) mass is 850 g/mol. The summed E-state index contributed by atoms with van der Waals surface area (Å²) in [7, 11) is 0. The Morgan fingerprint density at radius 1 is 0.548 bits per heavy atom. The highest BCUT2D eigenvalue weighted by atomic mass is 19.1. The smallest absolute Gasteiger partial charge is 0.226 e. The second kappa shape index (κ2) is 22.5. The lowest BCUT2D eigenvalue weighted by molar-refractivity contribution is -0.133. The highest BCUT2D eigenvalue weighted by molar-refractivity contribution is 5.79. The zero-order valence-electron chi connectivity index (χ0n) is 36.5. The van der Waals surface area contributed by atoms with E-state index in [2.05, 4.69) is 82.8 Å². The lowest BCUT2D eigenvalue weighted by Crippen LogP contribution is -2.48. The first-order valence-electron chi connectivity index (χ1n) is 22.6. The number of benzene rings is 4. The Morgan fingerprint density at radius 2 is 0.984 bits per heavy atom. The first-order chi connectivity index (χ1) is 30.1. The van der Waals surface area contributed by atoms with E-state index >= 15 is 0 Å². The van der Waals surface area contributed by atoms with Crippen molar-refractivity contribution in [1.29, 1.82) is 0 Å². The average Bonchev–Trinajstić information content (AvgIpc) is 3.27. The van der Waals surface area contributed by atoms with Crippen LogP contribution in [-0.4, -0.2) is 121 Å². The summed E-state index contributed by atoms with van der Waals surface area (Å²) in [6.45, 7) is 15.5. The van der Waals surface area contributed by atoms with Crippen molar-refractivity contribution in [3.63, 3.8) is 0 Å². The minimum absolute atomic E-state index is 0.0258. The second-order valence-corrected chi connectivity index (χ2v) is 17.5. The molecule has 4 aliphatic heterocycles. The van der Waals surface area contributed by atoms with Gasteiger partial charge in [0.05, 0.1) is 12.8 Å². The van der Waals surface area contributed by atoms with E-state index in [4.69, 9.17) is 9.47 Å². The molecule has 4 fully saturated rings. The first-order valence-corrected chi connectivity index (χ1v) is 22.6. The summed E-state index contributed by atoms with van der Waals surface area (Å²) < 4.78 is 38.1. The van der Waals surface area contributed by atoms with Gasteiger partial charge >= 0.3 is 0 Å². The van der Waals surface area contributed by atoms with E-state index in [0.29, 0.717) is 62.6 Å². The molecule has 2 N–H and O–H groups in total. The molecule has 332 valence electrons. The van der Waals surface area contributed by atoms with Gasteiger partial charge in [0.25, 0.3) is 0 Å². The molecule has 0 saturated carbocycles. The zero-order valence-corrected chi connectivity index (χ0v) is 36.5. The molecule has 2 atom stereocenters. The summed E-state index contributed by atoms with van der Waals surface area (Å²) in [6.07, 6.45) is 4.10. The number of hydrogen-bond acceptors (Lipinski definition) is 8. The number of hydrogen-bond donors (Lipinski definition) is 2. The molecule has 62 heavy (non-hydrogen) atoms. The standard InChI is InChI=1S/2C25H32FN3O2/c1-19-17-28(15-12-27-19)18-21-4-2-20(3-5-21)16-25(30)29-13-10-24(11-14-29)31-23-8-6-22(26)7-9-23;1-19-17-28(14-11-27-19)18-21-7-5-20(6-8-21)15-25(30)29-12-9-23(10-13-29)31-24-4-2-3-22(26)16-24/h2-9,19,24,27H,10-18H2,1H3;2-8,16,19,23,27H,9-15,17-18H2,1H3/t2*19-/m11/s1. The van der Waals surface area contributed by atoms with Gasteiger partial charge in [-0.2, -0.15) is 0 Å². The molecule has 4 aliphatic rings. The number of halogens is 2. The van der Waals surface area contributed by atoms with Crippen molar-refractivity contribution >= 4 is 11.8 Å². The fraction of sp³-hybridized carbons (Fsp3) is 0.480. The van der Waals surface area contributed by atoms with Crippen molar-refractivity contribution < 1.29 is 27.8 Å². The van der Waals surface area contributed by atoms with Gasteiger partial charge in [-0.3, -0.25) is 19.4 Å². The van der Waals surface area contributed by atoms with Crippen molar-refractivity contribution in [3.05, 3.63) is 131 Å². The van der Waals surface area contributed by atoms with Gasteiger partial charge in [0, 0.05) is 122 Å². The van der Waals surface area contributed by atoms with Gasteiger partial charge in [-0.15, -0.1) is 0 Å². The van der Waals surface area contributed by atoms with E-state index in [-0.39, 0.29) is 35.7 Å². The summed E-state index contributed by atoms with van der Waals surface area (Å²) in [4.78, 5) is 34.3. The van der Waals surface area contributed by atoms with Crippen LogP contribution in [0.25, 0.3) is 0 Å². The third-order valence-electron chi connectivity index (χ3n) is 12.3. The molecular weight excluding hydrogens is 787 g/mol. The quantitative estimate of drug-likeness (QED) is 0.168. The fourth-order valence-electron chi connectivity index (χ4n) is 8.81. The lowest BCUT2D eigenvalue weighted by Gasteiger charge is -2.32. The van der Waals surface area contributed by atoms with E-state index in [0.717, 1.165) is 89.2 Å². The van der Waals surface area contributed by atoms with Crippen molar-refractivity contribution in [2.45, 2.75) is 89.8 Å². The van der Waals surface area contributed by atoms with Crippen LogP contribution in [0.1, 0.15) is 61.8 Å². The molecule has 4 heterocycles. The van der Waals surface area contributed by atoms with Crippen LogP contribution >= 0.6 is 0 Å². The van der Waals surface area contributed by atoms with Crippen molar-refractivity contribution in [1.82, 2.24) is 30.2 Å². The Hall–Kier alpha value is -4.88. The van der Waals surface area contributed by atoms with Gasteiger partial charge in [0.2, 0.25) is 11.8 Å². The van der Waals surface area contributed by atoms with Gasteiger partial charge < -0.3 is 29.9 Å². The van der Waals surface area contributed by atoms with E-state index in [1.54, 1.807) is 24.3 Å². The number of piperazine rings is 2. The predicted octanol–water partition coefficient (Wildman–Crippen LogP) is 6.46. The number of ether oxygens (including phenoxy) is 2. The molecule has 0 bridgehead atoms. The Bertz CT molecular complexity index is 2000. The van der Waals surface area contributed by atoms with E-state index in [9.17, 15) is 18.4 Å². The highest BCUT2D eigenvalue weighted by Crippen LogP contribution is 2.22. The van der Waals surface area contributed by atoms with E-state index in [1.807, 2.05) is 9.80 Å². The van der Waals surface area contributed by atoms with Crippen molar-refractivity contribution in [2.24, 2.45) is 0 Å². The van der Waals surface area contributed by atoms with Crippen molar-refractivity contribution in [3.8, 4) is 11.5 Å². The summed E-state index contributed by atoms with van der Waals surface area (Å²) in [5, 5.41) is 6.94. The Labute approximate surface area is 366 Å². The van der Waals surface area contributed by atoms with Crippen molar-refractivity contribution in [2.75, 3.05) is 65.4 Å². The van der Waals surface area contributed by atoms with E-state index in [1.165, 1.54) is 35.4 Å². The molecular formula is C50H64F2N6O4. The molecule has 2 amide bonds. The lowest BCUT2D eigenvalue weighted by atomic mass is 10.0. The van der Waals surface area contributed by atoms with Crippen LogP contribution in [0.4, 0.5) is 8.78 Å². The maximum atomic E-state index is 13.3. The highest BCUT2D eigenvalue weighted by Gasteiger charge is 2.26. The minimum atomic E-state index is -0.293. The molecule has 10 nitrogen and oxygen atoms in total. The van der Waals surface area contributed by atoms with Crippen LogP contribution in [0.3, 0.4) is 0 Å². The topological polar surface area (TPSA) is 89.6 Å². The number of rotatable bonds is 12. The maximum absolute atomic E-state index is 13.3. The zero-order chi connectivity index (χ0) is 43.3. The van der Waals surface area contributed by atoms with Gasteiger partial charge in [-0.1, -0.05) is 54.6 Å². The normalized spacial score (nSPS) is 20.6. The fourth-order valence-corrected chi connectivity index (χ4v) is 8.81. The molecule has 0 radical (unpaired) electrons. The van der Waals surface area contributed by atoms with Crippen LogP contribution < -0.4 is 20.1 Å². The maximum Gasteiger partial charge on any atom is 0.226 e. The van der Waals surface area contributed by atoms with Gasteiger partial charge in [-0.05, 0) is 72.5 Å². The molecule has 0 aromatic heterocycles. The number of piperidine rings is 2. The molecule has 4 aromatic carbocycles. The number of carbonyl (C=O) groups is 2. The molecule has 8 rings (SSSR count). The molecule has 0 spiro atoms. The van der Waals surface area contributed by atoms with Crippen LogP contribution in [0.15, 0.2) is 97.1 Å². The third kappa shape index (κ3) is 14.1. The first kappa shape index (κ1) is 45.2. The number of nitrogens with zero attached hydrogens (tertiary/aromatic N) is 4. The third-order valence-corrected chi connectivity index (χ3v) is 12.3. The number of likely N-dealkylation sites (tertiary alicyclic amines) is 2. The number of nitrogens with one attached hydrogen (secondary N) is 2. The number of carbonyl (C=O) groups excluding carboxylic acids is 2. The minimum Gasteiger partial charge on any atom is -0.490 e. The second-order valence-electron chi connectivity index (χ2n) is 17.5. The van der Waals surface area contributed by atoms with Crippen LogP contribution in [-0.2, 0) is 35.5 Å². The Balaban J connectivity index is 0.000000186. The summed E-state index contributed by atoms with van der Waals surface area (Å²) in [5.74, 6) is 1.01. The molecule has 12 heteroatoms. The summed E-state index contributed by atoms with van der Waals surface area (Å²) in [5.41, 5.74) is 4.71. The van der Waals surface area contributed by atoms with Gasteiger partial charge in [0.15, 0.2) is 0 Å². The van der Waals surface area contributed by atoms with Gasteiger partial charge in [0.1, 0.15) is 35.3 Å². The summed E-state index contributed by atoms with van der Waals surface area (Å²) >= 11 is 0.